The average Bonchev–Trinajstić information content (AvgIpc) is 2.87. The first kappa shape index (κ1) is 33.8. The van der Waals surface area contributed by atoms with Crippen LogP contribution < -0.4 is 0 Å². The SMILES string of the molecule is C/C=C(\C)C(=O)OCC(COC(=O)C(C)C(=O)C(C)CCC)OC(=O)CCCCCCCCCCC. The van der Waals surface area contributed by atoms with E-state index in [2.05, 4.69) is 6.92 Å². The van der Waals surface area contributed by atoms with Gasteiger partial charge < -0.3 is 14.2 Å². The van der Waals surface area contributed by atoms with Crippen molar-refractivity contribution in [3.05, 3.63) is 11.6 Å². The molecule has 3 atom stereocenters. The van der Waals surface area contributed by atoms with Gasteiger partial charge >= 0.3 is 17.9 Å². The maximum Gasteiger partial charge on any atom is 0.333 e. The van der Waals surface area contributed by atoms with Crippen LogP contribution in [0.3, 0.4) is 0 Å². The molecule has 0 aromatic rings. The molecule has 0 aromatic heterocycles. The van der Waals surface area contributed by atoms with E-state index in [-0.39, 0.29) is 31.3 Å². The fourth-order valence-corrected chi connectivity index (χ4v) is 3.76. The van der Waals surface area contributed by atoms with Gasteiger partial charge in [0.1, 0.15) is 24.9 Å². The third kappa shape index (κ3) is 15.7. The summed E-state index contributed by atoms with van der Waals surface area (Å²) >= 11 is 0. The summed E-state index contributed by atoms with van der Waals surface area (Å²) < 4.78 is 16.0. The molecule has 0 saturated carbocycles. The van der Waals surface area contributed by atoms with Crippen LogP contribution in [0.25, 0.3) is 0 Å². The number of carbonyl (C=O) groups excluding carboxylic acids is 4. The number of Topliss-reactive ketones (excluding diaryl/α,β-unsaturated/α-hetero) is 1. The summed E-state index contributed by atoms with van der Waals surface area (Å²) in [7, 11) is 0. The number of esters is 3. The number of carbonyl (C=O) groups is 4. The quantitative estimate of drug-likeness (QED) is 0.0570. The maximum absolute atomic E-state index is 12.4. The van der Waals surface area contributed by atoms with Crippen LogP contribution in [0, 0.1) is 11.8 Å². The fraction of sp³-hybridized carbons (Fsp3) is 0.793. The van der Waals surface area contributed by atoms with Crippen LogP contribution in [0.5, 0.6) is 0 Å². The van der Waals surface area contributed by atoms with Gasteiger partial charge in [0.15, 0.2) is 6.10 Å². The summed E-state index contributed by atoms with van der Waals surface area (Å²) in [5, 5.41) is 0. The highest BCUT2D eigenvalue weighted by molar-refractivity contribution is 5.99. The normalized spacial score (nSPS) is 14.0. The highest BCUT2D eigenvalue weighted by atomic mass is 16.6. The predicted octanol–water partition coefficient (Wildman–Crippen LogP) is 6.51. The van der Waals surface area contributed by atoms with Gasteiger partial charge in [-0.1, -0.05) is 84.6 Å². The molecule has 0 aromatic carbocycles. The summed E-state index contributed by atoms with van der Waals surface area (Å²) in [6.07, 6.45) is 12.8. The minimum atomic E-state index is -0.927. The van der Waals surface area contributed by atoms with Gasteiger partial charge in [-0.15, -0.1) is 0 Å². The first-order valence-electron chi connectivity index (χ1n) is 13.9. The maximum atomic E-state index is 12.4. The first-order chi connectivity index (χ1) is 17.2. The number of unbranched alkanes of at least 4 members (excludes halogenated alkanes) is 8. The van der Waals surface area contributed by atoms with Crippen LogP contribution in [-0.2, 0) is 33.4 Å². The molecule has 7 heteroatoms. The van der Waals surface area contributed by atoms with Crippen molar-refractivity contribution in [2.75, 3.05) is 13.2 Å². The average molecular weight is 511 g/mol. The second kappa shape index (κ2) is 21.0. The van der Waals surface area contributed by atoms with E-state index in [0.29, 0.717) is 12.0 Å². The van der Waals surface area contributed by atoms with Crippen LogP contribution in [0.15, 0.2) is 11.6 Å². The van der Waals surface area contributed by atoms with Crippen molar-refractivity contribution in [2.45, 2.75) is 125 Å². The first-order valence-corrected chi connectivity index (χ1v) is 13.9. The molecule has 0 fully saturated rings. The molecule has 0 saturated heterocycles. The number of hydrogen-bond acceptors (Lipinski definition) is 7. The lowest BCUT2D eigenvalue weighted by atomic mass is 9.92. The molecule has 0 aliphatic heterocycles. The molecule has 0 spiro atoms. The highest BCUT2D eigenvalue weighted by Crippen LogP contribution is 2.15. The minimum absolute atomic E-state index is 0.170. The Bertz CT molecular complexity index is 683. The van der Waals surface area contributed by atoms with Crippen LogP contribution in [-0.4, -0.2) is 43.0 Å². The van der Waals surface area contributed by atoms with Crippen LogP contribution in [0.2, 0.25) is 0 Å². The van der Waals surface area contributed by atoms with E-state index in [9.17, 15) is 19.2 Å². The Labute approximate surface area is 218 Å². The zero-order chi connectivity index (χ0) is 27.3. The molecular formula is C29H50O7. The molecule has 0 bridgehead atoms. The van der Waals surface area contributed by atoms with Crippen LogP contribution in [0.1, 0.15) is 119 Å². The standard InChI is InChI=1S/C29H50O7/c1-7-10-11-12-13-14-15-16-17-19-26(30)36-25(20-34-28(32)22(4)9-3)21-35-29(33)24(6)27(31)23(5)18-8-2/h9,23-25H,7-8,10-21H2,1-6H3/b22-9+. The molecule has 36 heavy (non-hydrogen) atoms. The number of rotatable bonds is 21. The molecule has 0 aliphatic rings. The second-order valence-electron chi connectivity index (χ2n) is 9.70. The third-order valence-electron chi connectivity index (χ3n) is 6.34. The predicted molar refractivity (Wildman–Crippen MR) is 141 cm³/mol. The van der Waals surface area contributed by atoms with Crippen molar-refractivity contribution in [3.63, 3.8) is 0 Å². The van der Waals surface area contributed by atoms with E-state index in [1.54, 1.807) is 26.8 Å². The van der Waals surface area contributed by atoms with Crippen molar-refractivity contribution in [3.8, 4) is 0 Å². The topological polar surface area (TPSA) is 96.0 Å². The van der Waals surface area contributed by atoms with Gasteiger partial charge in [0.05, 0.1) is 0 Å². The van der Waals surface area contributed by atoms with E-state index < -0.39 is 29.9 Å². The fourth-order valence-electron chi connectivity index (χ4n) is 3.76. The Morgan fingerprint density at radius 3 is 1.89 bits per heavy atom. The minimum Gasteiger partial charge on any atom is -0.461 e. The largest absolute Gasteiger partial charge is 0.461 e. The summed E-state index contributed by atoms with van der Waals surface area (Å²) in [4.78, 5) is 49.2. The lowest BCUT2D eigenvalue weighted by molar-refractivity contribution is -0.168. The molecule has 7 nitrogen and oxygen atoms in total. The highest BCUT2D eigenvalue weighted by Gasteiger charge is 2.28. The molecule has 208 valence electrons. The Morgan fingerprint density at radius 1 is 0.778 bits per heavy atom. The summed E-state index contributed by atoms with van der Waals surface area (Å²) in [5.74, 6) is -2.92. The summed E-state index contributed by atoms with van der Waals surface area (Å²) in [6.45, 7) is 10.4. The van der Waals surface area contributed by atoms with Crippen molar-refractivity contribution in [1.29, 1.82) is 0 Å². The van der Waals surface area contributed by atoms with E-state index in [4.69, 9.17) is 14.2 Å². The lowest BCUT2D eigenvalue weighted by Gasteiger charge is -2.20. The number of ether oxygens (including phenoxy) is 3. The van der Waals surface area contributed by atoms with Crippen LogP contribution in [0.4, 0.5) is 0 Å². The molecule has 0 N–H and O–H groups in total. The zero-order valence-electron chi connectivity index (χ0n) is 23.6. The smallest absolute Gasteiger partial charge is 0.333 e. The zero-order valence-corrected chi connectivity index (χ0v) is 23.6. The number of hydrogen-bond donors (Lipinski definition) is 0. The Kier molecular flexibility index (Phi) is 19.7. The summed E-state index contributed by atoms with van der Waals surface area (Å²) in [6, 6.07) is 0. The summed E-state index contributed by atoms with van der Waals surface area (Å²) in [5.41, 5.74) is 0.427. The Morgan fingerprint density at radius 2 is 1.33 bits per heavy atom. The van der Waals surface area contributed by atoms with Gasteiger partial charge in [0, 0.05) is 17.9 Å². The lowest BCUT2D eigenvalue weighted by Crippen LogP contribution is -2.34. The van der Waals surface area contributed by atoms with Gasteiger partial charge in [-0.3, -0.25) is 14.4 Å². The Hall–Kier alpha value is -2.18. The molecule has 0 amide bonds. The van der Waals surface area contributed by atoms with Gasteiger partial charge in [-0.25, -0.2) is 4.79 Å². The Balaban J connectivity index is 4.67. The molecule has 0 radical (unpaired) electrons. The molecule has 0 heterocycles. The van der Waals surface area contributed by atoms with Gasteiger partial charge in [-0.2, -0.15) is 0 Å². The van der Waals surface area contributed by atoms with Crippen molar-refractivity contribution in [1.82, 2.24) is 0 Å². The van der Waals surface area contributed by atoms with Crippen LogP contribution >= 0.6 is 0 Å². The van der Waals surface area contributed by atoms with E-state index in [0.717, 1.165) is 25.7 Å². The van der Waals surface area contributed by atoms with E-state index >= 15 is 0 Å². The van der Waals surface area contributed by atoms with Crippen molar-refractivity contribution in [2.24, 2.45) is 11.8 Å². The van der Waals surface area contributed by atoms with E-state index in [1.807, 2.05) is 6.92 Å². The van der Waals surface area contributed by atoms with Crippen molar-refractivity contribution >= 4 is 23.7 Å². The molecule has 0 rings (SSSR count). The third-order valence-corrected chi connectivity index (χ3v) is 6.34. The molecule has 0 aliphatic carbocycles. The molecule has 3 unspecified atom stereocenters. The van der Waals surface area contributed by atoms with E-state index in [1.165, 1.54) is 45.4 Å². The van der Waals surface area contributed by atoms with Gasteiger partial charge in [0.25, 0.3) is 0 Å². The van der Waals surface area contributed by atoms with Crippen molar-refractivity contribution < 1.29 is 33.4 Å². The van der Waals surface area contributed by atoms with Gasteiger partial charge in [-0.05, 0) is 33.6 Å². The second-order valence-corrected chi connectivity index (χ2v) is 9.70. The number of allylic oxidation sites excluding steroid dienone is 1. The van der Waals surface area contributed by atoms with Gasteiger partial charge in [0.2, 0.25) is 0 Å². The monoisotopic (exact) mass is 510 g/mol. The molecular weight excluding hydrogens is 460 g/mol. The number of ketones is 1.